The second-order valence-electron chi connectivity index (χ2n) is 10.8. The molecule has 5 heterocycles. The number of amides is 2. The highest BCUT2D eigenvalue weighted by atomic mass is 16.6. The van der Waals surface area contributed by atoms with Crippen LogP contribution in [0.5, 0.6) is 11.5 Å². The van der Waals surface area contributed by atoms with Crippen molar-refractivity contribution in [1.82, 2.24) is 9.55 Å². The first-order chi connectivity index (χ1) is 20.5. The van der Waals surface area contributed by atoms with Gasteiger partial charge in [-0.1, -0.05) is 6.07 Å². The van der Waals surface area contributed by atoms with Crippen molar-refractivity contribution in [3.63, 3.8) is 0 Å². The quantitative estimate of drug-likeness (QED) is 0.375. The van der Waals surface area contributed by atoms with Crippen LogP contribution >= 0.6 is 0 Å². The number of pyridine rings is 2. The second-order valence-corrected chi connectivity index (χ2v) is 10.8. The predicted molar refractivity (Wildman–Crippen MR) is 158 cm³/mol. The number of nitrogens with one attached hydrogen (secondary N) is 2. The van der Waals surface area contributed by atoms with Crippen molar-refractivity contribution in [2.75, 3.05) is 41.8 Å². The topological polar surface area (TPSA) is 115 Å². The number of nitrogens with zero attached hydrogens (tertiary/aromatic N) is 3. The summed E-state index contributed by atoms with van der Waals surface area (Å²) in [6, 6.07) is 19.4. The van der Waals surface area contributed by atoms with Gasteiger partial charge in [-0.3, -0.25) is 19.4 Å². The SMILES string of the molecule is O=C(Nc1ccc2c(c1)OCCO2)c1ccc(N2CC3CC(C2)c2cccc(=O)n2C3)c(NC(=O)c2ccncc2)c1. The molecule has 3 aliphatic heterocycles. The highest BCUT2D eigenvalue weighted by Gasteiger charge is 2.35. The molecule has 2 N–H and O–H groups in total. The van der Waals surface area contributed by atoms with Crippen LogP contribution in [0.3, 0.4) is 0 Å². The maximum Gasteiger partial charge on any atom is 0.255 e. The highest BCUT2D eigenvalue weighted by Crippen LogP contribution is 2.39. The summed E-state index contributed by atoms with van der Waals surface area (Å²) in [5.74, 6) is 1.09. The number of ether oxygens (including phenoxy) is 2. The molecule has 0 aliphatic carbocycles. The Morgan fingerprint density at radius 1 is 0.810 bits per heavy atom. The molecule has 2 aromatic heterocycles. The van der Waals surface area contributed by atoms with Crippen LogP contribution < -0.4 is 30.6 Å². The van der Waals surface area contributed by atoms with E-state index in [0.717, 1.165) is 24.3 Å². The van der Waals surface area contributed by atoms with Gasteiger partial charge in [-0.2, -0.15) is 0 Å². The molecule has 7 rings (SSSR count). The number of carbonyl (C=O) groups excluding carboxylic acids is 2. The fraction of sp³-hybridized carbons (Fsp3) is 0.250. The molecule has 4 aromatic rings. The minimum Gasteiger partial charge on any atom is -0.486 e. The first-order valence-corrected chi connectivity index (χ1v) is 14.0. The molecule has 1 saturated heterocycles. The molecule has 2 amide bonds. The van der Waals surface area contributed by atoms with Crippen LogP contribution in [0.2, 0.25) is 0 Å². The lowest BCUT2D eigenvalue weighted by Crippen LogP contribution is -2.47. The smallest absolute Gasteiger partial charge is 0.255 e. The maximum atomic E-state index is 13.4. The molecule has 10 nitrogen and oxygen atoms in total. The molecule has 0 spiro atoms. The predicted octanol–water partition coefficient (Wildman–Crippen LogP) is 4.14. The van der Waals surface area contributed by atoms with Crippen molar-refractivity contribution in [3.8, 4) is 11.5 Å². The van der Waals surface area contributed by atoms with Crippen LogP contribution in [-0.4, -0.2) is 47.7 Å². The molecule has 2 atom stereocenters. The van der Waals surface area contributed by atoms with Gasteiger partial charge >= 0.3 is 0 Å². The molecule has 2 bridgehead atoms. The molecule has 10 heteroatoms. The lowest BCUT2D eigenvalue weighted by molar-refractivity contribution is 0.101. The van der Waals surface area contributed by atoms with Gasteiger partial charge in [0.05, 0.1) is 11.4 Å². The van der Waals surface area contributed by atoms with Gasteiger partial charge in [0.1, 0.15) is 13.2 Å². The van der Waals surface area contributed by atoms with Gasteiger partial charge in [0, 0.05) is 72.6 Å². The summed E-state index contributed by atoms with van der Waals surface area (Å²) in [7, 11) is 0. The molecule has 3 aliphatic rings. The summed E-state index contributed by atoms with van der Waals surface area (Å²) in [4.78, 5) is 45.4. The molecule has 2 aromatic carbocycles. The van der Waals surface area contributed by atoms with Crippen LogP contribution in [0.25, 0.3) is 0 Å². The van der Waals surface area contributed by atoms with E-state index in [1.54, 1.807) is 60.9 Å². The van der Waals surface area contributed by atoms with Gasteiger partial charge in [0.2, 0.25) is 0 Å². The minimum atomic E-state index is -0.318. The summed E-state index contributed by atoms with van der Waals surface area (Å²) in [6.07, 6.45) is 4.14. The molecule has 2 unspecified atom stereocenters. The fourth-order valence-corrected chi connectivity index (χ4v) is 6.17. The van der Waals surface area contributed by atoms with E-state index in [-0.39, 0.29) is 23.3 Å². The van der Waals surface area contributed by atoms with Gasteiger partial charge in [0.25, 0.3) is 17.4 Å². The van der Waals surface area contributed by atoms with Gasteiger partial charge in [-0.15, -0.1) is 0 Å². The Kier molecular flexibility index (Phi) is 6.58. The van der Waals surface area contributed by atoms with E-state index >= 15 is 0 Å². The highest BCUT2D eigenvalue weighted by molar-refractivity contribution is 6.09. The average Bonchev–Trinajstić information content (AvgIpc) is 3.02. The molecule has 0 saturated carbocycles. The number of piperidine rings is 1. The van der Waals surface area contributed by atoms with E-state index in [2.05, 4.69) is 20.5 Å². The average molecular weight is 564 g/mol. The molecule has 212 valence electrons. The Hall–Kier alpha value is -5.12. The number of rotatable bonds is 5. The first-order valence-electron chi connectivity index (χ1n) is 14.0. The Morgan fingerprint density at radius 3 is 2.48 bits per heavy atom. The van der Waals surface area contributed by atoms with Gasteiger partial charge in [-0.05, 0) is 60.9 Å². The van der Waals surface area contributed by atoms with Crippen LogP contribution in [0.1, 0.15) is 38.7 Å². The third kappa shape index (κ3) is 4.96. The maximum absolute atomic E-state index is 13.4. The monoisotopic (exact) mass is 563 g/mol. The van der Waals surface area contributed by atoms with E-state index in [1.807, 2.05) is 22.8 Å². The number of hydrogen-bond donors (Lipinski definition) is 2. The molecular formula is C32H29N5O5. The van der Waals surface area contributed by atoms with E-state index < -0.39 is 0 Å². The molecule has 0 radical (unpaired) electrons. The Bertz CT molecular complexity index is 1740. The zero-order chi connectivity index (χ0) is 28.6. The van der Waals surface area contributed by atoms with Crippen molar-refractivity contribution in [3.05, 3.63) is 106 Å². The Morgan fingerprint density at radius 2 is 1.62 bits per heavy atom. The second kappa shape index (κ2) is 10.7. The number of carbonyl (C=O) groups is 2. The standard InChI is InChI=1S/C32H29N5O5/c38-30-3-1-2-26-23-14-20(18-37(26)30)17-36(19-23)27-6-4-22(15-25(27)35-31(39)21-8-10-33-11-9-21)32(40)34-24-5-7-28-29(16-24)42-13-12-41-28/h1-11,15-16,20,23H,12-14,17-19H2,(H,34,40)(H,35,39). The normalized spacial score (nSPS) is 18.5. The van der Waals surface area contributed by atoms with E-state index in [4.69, 9.17) is 9.47 Å². The number of aromatic nitrogens is 2. The Balaban J connectivity index is 1.19. The number of hydrogen-bond acceptors (Lipinski definition) is 7. The third-order valence-corrected chi connectivity index (χ3v) is 8.07. The molecule has 42 heavy (non-hydrogen) atoms. The van der Waals surface area contributed by atoms with Crippen molar-refractivity contribution in [2.24, 2.45) is 5.92 Å². The van der Waals surface area contributed by atoms with Gasteiger partial charge in [0.15, 0.2) is 11.5 Å². The molecule has 1 fully saturated rings. The summed E-state index contributed by atoms with van der Waals surface area (Å²) in [5.41, 5.74) is 3.88. The van der Waals surface area contributed by atoms with E-state index in [0.29, 0.717) is 66.2 Å². The van der Waals surface area contributed by atoms with Gasteiger partial charge < -0.3 is 29.6 Å². The fourth-order valence-electron chi connectivity index (χ4n) is 6.17. The Labute approximate surface area is 241 Å². The lowest BCUT2D eigenvalue weighted by atomic mass is 9.83. The summed E-state index contributed by atoms with van der Waals surface area (Å²) >= 11 is 0. The number of fused-ring (bicyclic) bond motifs is 5. The van der Waals surface area contributed by atoms with Crippen LogP contribution in [-0.2, 0) is 6.54 Å². The van der Waals surface area contributed by atoms with Crippen LogP contribution in [0.15, 0.2) is 83.9 Å². The number of anilines is 3. The van der Waals surface area contributed by atoms with Crippen LogP contribution in [0.4, 0.5) is 17.1 Å². The zero-order valence-electron chi connectivity index (χ0n) is 22.8. The van der Waals surface area contributed by atoms with Crippen molar-refractivity contribution >= 4 is 28.9 Å². The number of benzene rings is 2. The summed E-state index contributed by atoms with van der Waals surface area (Å²) in [5, 5.41) is 5.96. The lowest BCUT2D eigenvalue weighted by Gasteiger charge is -2.44. The van der Waals surface area contributed by atoms with Gasteiger partial charge in [-0.25, -0.2) is 0 Å². The largest absolute Gasteiger partial charge is 0.486 e. The van der Waals surface area contributed by atoms with Crippen molar-refractivity contribution in [1.29, 1.82) is 0 Å². The van der Waals surface area contributed by atoms with Crippen molar-refractivity contribution < 1.29 is 19.1 Å². The van der Waals surface area contributed by atoms with Crippen molar-refractivity contribution in [2.45, 2.75) is 18.9 Å². The summed E-state index contributed by atoms with van der Waals surface area (Å²) < 4.78 is 13.1. The van der Waals surface area contributed by atoms with Crippen LogP contribution in [0, 0.1) is 5.92 Å². The first kappa shape index (κ1) is 25.8. The third-order valence-electron chi connectivity index (χ3n) is 8.07. The van der Waals surface area contributed by atoms with E-state index in [9.17, 15) is 14.4 Å². The van der Waals surface area contributed by atoms with E-state index in [1.165, 1.54) is 0 Å². The molecular weight excluding hydrogens is 534 g/mol. The zero-order valence-corrected chi connectivity index (χ0v) is 22.8. The minimum absolute atomic E-state index is 0.0364. The summed E-state index contributed by atoms with van der Waals surface area (Å²) in [6.45, 7) is 3.03.